The van der Waals surface area contributed by atoms with Crippen molar-refractivity contribution in [2.45, 2.75) is 6.92 Å². The Kier molecular flexibility index (Phi) is 4.55. The Hall–Kier alpha value is -2.90. The summed E-state index contributed by atoms with van der Waals surface area (Å²) in [7, 11) is 1.67. The van der Waals surface area contributed by atoms with Crippen molar-refractivity contribution >= 4 is 32.9 Å². The van der Waals surface area contributed by atoms with E-state index in [9.17, 15) is 0 Å². The number of hydrogen-bond acceptors (Lipinski definition) is 7. The first kappa shape index (κ1) is 17.5. The van der Waals surface area contributed by atoms with Crippen LogP contribution < -0.4 is 16.2 Å². The zero-order valence-corrected chi connectivity index (χ0v) is 16.5. The van der Waals surface area contributed by atoms with Crippen molar-refractivity contribution < 1.29 is 4.74 Å². The molecule has 4 rings (SSSR count). The molecule has 2 aromatic carbocycles. The number of nitrogens with zero attached hydrogens (tertiary/aromatic N) is 2. The average molecular weight is 395 g/mol. The molecule has 136 valence electrons. The number of ether oxygens (including phenoxy) is 1. The van der Waals surface area contributed by atoms with Gasteiger partial charge in [0.2, 0.25) is 0 Å². The third kappa shape index (κ3) is 3.27. The number of nitrogens with two attached hydrogens (primary N) is 2. The fraction of sp³-hybridized carbons (Fsp3) is 0.100. The summed E-state index contributed by atoms with van der Waals surface area (Å²) in [6.07, 6.45) is 0. The van der Waals surface area contributed by atoms with Crippen molar-refractivity contribution in [2.75, 3.05) is 18.6 Å². The first-order valence-corrected chi connectivity index (χ1v) is 9.93. The second-order valence-corrected chi connectivity index (χ2v) is 8.04. The summed E-state index contributed by atoms with van der Waals surface area (Å²) in [6.45, 7) is 1.93. The highest BCUT2D eigenvalue weighted by Gasteiger charge is 2.21. The number of rotatable bonds is 4. The first-order valence-electron chi connectivity index (χ1n) is 8.30. The third-order valence-corrected chi connectivity index (χ3v) is 6.13. The maximum absolute atomic E-state index is 6.07. The van der Waals surface area contributed by atoms with E-state index in [1.165, 1.54) is 22.7 Å². The normalized spacial score (nSPS) is 10.9. The topological polar surface area (TPSA) is 87.0 Å². The van der Waals surface area contributed by atoms with E-state index in [-0.39, 0.29) is 0 Å². The molecule has 4 aromatic rings. The number of thiazole rings is 2. The van der Waals surface area contributed by atoms with Gasteiger partial charge in [0.25, 0.3) is 0 Å². The molecule has 0 radical (unpaired) electrons. The van der Waals surface area contributed by atoms with Crippen molar-refractivity contribution in [3.63, 3.8) is 0 Å². The number of benzene rings is 2. The van der Waals surface area contributed by atoms with Crippen LogP contribution in [0.3, 0.4) is 0 Å². The minimum atomic E-state index is 0.499. The molecule has 0 saturated heterocycles. The van der Waals surface area contributed by atoms with Crippen molar-refractivity contribution in [3.8, 4) is 37.9 Å². The minimum Gasteiger partial charge on any atom is -0.496 e. The molecule has 0 bridgehead atoms. The van der Waals surface area contributed by atoms with Gasteiger partial charge in [-0.25, -0.2) is 9.97 Å². The summed E-state index contributed by atoms with van der Waals surface area (Å²) in [5.74, 6) is 0.773. The van der Waals surface area contributed by atoms with Gasteiger partial charge in [-0.15, -0.1) is 0 Å². The van der Waals surface area contributed by atoms with Gasteiger partial charge in [-0.05, 0) is 30.2 Å². The van der Waals surface area contributed by atoms with E-state index >= 15 is 0 Å². The Morgan fingerprint density at radius 1 is 0.852 bits per heavy atom. The van der Waals surface area contributed by atoms with Crippen LogP contribution in [-0.4, -0.2) is 17.1 Å². The molecule has 2 heterocycles. The molecule has 0 fully saturated rings. The van der Waals surface area contributed by atoms with E-state index < -0.39 is 0 Å². The van der Waals surface area contributed by atoms with Gasteiger partial charge in [-0.3, -0.25) is 0 Å². The molecule has 0 saturated carbocycles. The van der Waals surface area contributed by atoms with E-state index in [1.54, 1.807) is 7.11 Å². The van der Waals surface area contributed by atoms with Crippen molar-refractivity contribution in [1.29, 1.82) is 0 Å². The standard InChI is InChI=1S/C20H18N4OS2/c1-11-17(26-19(21)23-11)16-18(27-20(22)24-16)14-10-13(8-9-15(14)25-2)12-6-4-3-5-7-12/h3-10H,1-2H3,(H2,21,23)(H2,22,24). The molecule has 0 amide bonds. The van der Waals surface area contributed by atoms with Crippen LogP contribution >= 0.6 is 22.7 Å². The summed E-state index contributed by atoms with van der Waals surface area (Å²) in [5.41, 5.74) is 16.8. The van der Waals surface area contributed by atoms with E-state index in [1.807, 2.05) is 31.2 Å². The van der Waals surface area contributed by atoms with Gasteiger partial charge in [0.15, 0.2) is 10.3 Å². The van der Waals surface area contributed by atoms with Gasteiger partial charge < -0.3 is 16.2 Å². The van der Waals surface area contributed by atoms with Gasteiger partial charge in [0.1, 0.15) is 11.4 Å². The van der Waals surface area contributed by atoms with Crippen LogP contribution in [0.4, 0.5) is 10.3 Å². The number of hydrogen-bond donors (Lipinski definition) is 2. The lowest BCUT2D eigenvalue weighted by atomic mass is 10.0. The van der Waals surface area contributed by atoms with E-state index in [4.69, 9.17) is 16.2 Å². The van der Waals surface area contributed by atoms with Crippen molar-refractivity contribution in [1.82, 2.24) is 9.97 Å². The molecule has 7 heteroatoms. The number of aryl methyl sites for hydroxylation is 1. The molecule has 0 aliphatic heterocycles. The Balaban J connectivity index is 1.92. The van der Waals surface area contributed by atoms with E-state index in [2.05, 4.69) is 34.2 Å². The van der Waals surface area contributed by atoms with Crippen molar-refractivity contribution in [2.24, 2.45) is 0 Å². The molecule has 0 unspecified atom stereocenters. The van der Waals surface area contributed by atoms with Crippen LogP contribution in [0.5, 0.6) is 5.75 Å². The summed E-state index contributed by atoms with van der Waals surface area (Å²) in [6, 6.07) is 16.4. The molecule has 5 nitrogen and oxygen atoms in total. The molecule has 27 heavy (non-hydrogen) atoms. The van der Waals surface area contributed by atoms with E-state index in [0.717, 1.165) is 43.6 Å². The zero-order valence-electron chi connectivity index (χ0n) is 14.9. The number of methoxy groups -OCH3 is 1. The summed E-state index contributed by atoms with van der Waals surface area (Å²) < 4.78 is 5.63. The summed E-state index contributed by atoms with van der Waals surface area (Å²) in [5, 5.41) is 1.02. The van der Waals surface area contributed by atoms with Gasteiger partial charge in [-0.2, -0.15) is 0 Å². The zero-order chi connectivity index (χ0) is 19.0. The predicted octanol–water partition coefficient (Wildman–Crippen LogP) is 5.08. The lowest BCUT2D eigenvalue weighted by molar-refractivity contribution is 0.416. The second kappa shape index (κ2) is 7.02. The SMILES string of the molecule is COc1ccc(-c2ccccc2)cc1-c1sc(N)nc1-c1sc(N)nc1C. The Morgan fingerprint density at radius 2 is 1.56 bits per heavy atom. The highest BCUT2D eigenvalue weighted by Crippen LogP contribution is 2.45. The lowest BCUT2D eigenvalue weighted by Crippen LogP contribution is -1.90. The average Bonchev–Trinajstić information content (AvgIpc) is 3.23. The Morgan fingerprint density at radius 3 is 2.22 bits per heavy atom. The van der Waals surface area contributed by atoms with Gasteiger partial charge in [-0.1, -0.05) is 59.1 Å². The predicted molar refractivity (Wildman–Crippen MR) is 114 cm³/mol. The van der Waals surface area contributed by atoms with Gasteiger partial charge in [0.05, 0.1) is 22.6 Å². The molecule has 2 aromatic heterocycles. The second-order valence-electron chi connectivity index (χ2n) is 5.98. The van der Waals surface area contributed by atoms with Crippen LogP contribution in [0.25, 0.3) is 32.1 Å². The maximum atomic E-state index is 6.07. The fourth-order valence-electron chi connectivity index (χ4n) is 3.01. The lowest BCUT2D eigenvalue weighted by Gasteiger charge is -2.11. The summed E-state index contributed by atoms with van der Waals surface area (Å²) in [4.78, 5) is 10.8. The monoisotopic (exact) mass is 394 g/mol. The highest BCUT2D eigenvalue weighted by atomic mass is 32.1. The van der Waals surface area contributed by atoms with Crippen LogP contribution in [0.1, 0.15) is 5.69 Å². The smallest absolute Gasteiger partial charge is 0.181 e. The fourth-order valence-corrected chi connectivity index (χ4v) is 4.76. The first-order chi connectivity index (χ1) is 13.1. The number of anilines is 2. The molecule has 0 atom stereocenters. The largest absolute Gasteiger partial charge is 0.496 e. The molecule has 4 N–H and O–H groups in total. The van der Waals surface area contributed by atoms with E-state index in [0.29, 0.717) is 10.3 Å². The van der Waals surface area contributed by atoms with Crippen LogP contribution in [-0.2, 0) is 0 Å². The maximum Gasteiger partial charge on any atom is 0.181 e. The molecular formula is C20H18N4OS2. The van der Waals surface area contributed by atoms with Crippen LogP contribution in [0.15, 0.2) is 48.5 Å². The third-order valence-electron chi connectivity index (χ3n) is 4.22. The molecule has 0 aliphatic carbocycles. The number of nitrogen functional groups attached to an aromatic ring is 2. The van der Waals surface area contributed by atoms with Crippen LogP contribution in [0.2, 0.25) is 0 Å². The van der Waals surface area contributed by atoms with Crippen molar-refractivity contribution in [3.05, 3.63) is 54.2 Å². The minimum absolute atomic E-state index is 0.499. The molecule has 0 aliphatic rings. The highest BCUT2D eigenvalue weighted by molar-refractivity contribution is 7.21. The Bertz CT molecular complexity index is 1100. The van der Waals surface area contributed by atoms with Gasteiger partial charge in [0, 0.05) is 5.56 Å². The number of aromatic nitrogens is 2. The quantitative estimate of drug-likeness (QED) is 0.504. The summed E-state index contributed by atoms with van der Waals surface area (Å²) >= 11 is 2.86. The molecule has 0 spiro atoms. The van der Waals surface area contributed by atoms with Gasteiger partial charge >= 0.3 is 0 Å². The Labute approximate surface area is 165 Å². The van der Waals surface area contributed by atoms with Crippen LogP contribution in [0, 0.1) is 6.92 Å². The molecular weight excluding hydrogens is 376 g/mol.